The highest BCUT2D eigenvalue weighted by Crippen LogP contribution is 2.29. The van der Waals surface area contributed by atoms with Crippen molar-refractivity contribution in [1.82, 2.24) is 5.32 Å². The minimum atomic E-state index is -0.237. The lowest BCUT2D eigenvalue weighted by molar-refractivity contribution is 0.0872. The molecule has 20 heavy (non-hydrogen) atoms. The largest absolute Gasteiger partial charge is 0.396 e. The molecule has 2 unspecified atom stereocenters. The van der Waals surface area contributed by atoms with Crippen molar-refractivity contribution in [2.75, 3.05) is 12.3 Å². The summed E-state index contributed by atoms with van der Waals surface area (Å²) in [4.78, 5) is 12.2. The van der Waals surface area contributed by atoms with Crippen LogP contribution >= 0.6 is 23.2 Å². The first-order valence-corrected chi connectivity index (χ1v) is 7.44. The molecule has 110 valence electrons. The molecule has 4 nitrogen and oxygen atoms in total. The number of nitrogens with one attached hydrogen (secondary N) is 1. The number of amides is 1. The number of anilines is 1. The molecule has 0 heterocycles. The Kier molecular flexibility index (Phi) is 5.13. The second kappa shape index (κ2) is 6.66. The number of benzene rings is 1. The molecule has 1 fully saturated rings. The Morgan fingerprint density at radius 1 is 1.30 bits per heavy atom. The molecular weight excluding hydrogens is 299 g/mol. The van der Waals surface area contributed by atoms with Crippen LogP contribution in [-0.4, -0.2) is 23.7 Å². The van der Waals surface area contributed by atoms with E-state index >= 15 is 0 Å². The van der Waals surface area contributed by atoms with Gasteiger partial charge in [0.05, 0.1) is 15.7 Å². The van der Waals surface area contributed by atoms with E-state index in [4.69, 9.17) is 28.9 Å². The van der Waals surface area contributed by atoms with Crippen molar-refractivity contribution in [2.24, 2.45) is 5.92 Å². The van der Waals surface area contributed by atoms with Gasteiger partial charge in [0.25, 0.3) is 5.91 Å². The molecule has 1 aliphatic rings. The summed E-state index contributed by atoms with van der Waals surface area (Å²) >= 11 is 11.9. The van der Waals surface area contributed by atoms with Crippen molar-refractivity contribution in [3.8, 4) is 0 Å². The van der Waals surface area contributed by atoms with Gasteiger partial charge in [0, 0.05) is 24.1 Å². The number of nitrogens with two attached hydrogens (primary N) is 1. The van der Waals surface area contributed by atoms with Crippen LogP contribution in [0.25, 0.3) is 0 Å². The number of rotatable bonds is 3. The molecule has 1 aromatic carbocycles. The molecule has 0 aliphatic heterocycles. The van der Waals surface area contributed by atoms with E-state index in [0.29, 0.717) is 5.56 Å². The highest BCUT2D eigenvalue weighted by molar-refractivity contribution is 6.39. The van der Waals surface area contributed by atoms with Crippen LogP contribution in [0.5, 0.6) is 0 Å². The lowest BCUT2D eigenvalue weighted by atomic mass is 9.85. The van der Waals surface area contributed by atoms with Crippen molar-refractivity contribution in [2.45, 2.75) is 31.7 Å². The fourth-order valence-corrected chi connectivity index (χ4v) is 3.07. The third kappa shape index (κ3) is 3.37. The van der Waals surface area contributed by atoms with Gasteiger partial charge in [-0.15, -0.1) is 0 Å². The molecule has 0 bridgehead atoms. The normalized spacial score (nSPS) is 22.6. The van der Waals surface area contributed by atoms with Crippen molar-refractivity contribution < 1.29 is 9.90 Å². The molecule has 6 heteroatoms. The standard InChI is InChI=1S/C14H18Cl2N2O2/c15-10-5-9(6-11(16)13(10)17)14(20)18-12-4-2-1-3-8(12)7-19/h5-6,8,12,19H,1-4,7,17H2,(H,18,20). The first kappa shape index (κ1) is 15.4. The quantitative estimate of drug-likeness (QED) is 0.750. The maximum Gasteiger partial charge on any atom is 0.251 e. The fourth-order valence-electron chi connectivity index (χ4n) is 2.58. The molecule has 4 N–H and O–H groups in total. The van der Waals surface area contributed by atoms with Crippen LogP contribution in [0.3, 0.4) is 0 Å². The lowest BCUT2D eigenvalue weighted by Gasteiger charge is -2.30. The van der Waals surface area contributed by atoms with Crippen LogP contribution in [0.1, 0.15) is 36.0 Å². The SMILES string of the molecule is Nc1c(Cl)cc(C(=O)NC2CCCCC2CO)cc1Cl. The maximum absolute atomic E-state index is 12.2. The summed E-state index contributed by atoms with van der Waals surface area (Å²) in [7, 11) is 0. The highest BCUT2D eigenvalue weighted by atomic mass is 35.5. The van der Waals surface area contributed by atoms with Gasteiger partial charge < -0.3 is 16.2 Å². The number of aliphatic hydroxyl groups is 1. The van der Waals surface area contributed by atoms with Crippen LogP contribution in [0.2, 0.25) is 10.0 Å². The zero-order valence-corrected chi connectivity index (χ0v) is 12.5. The Hall–Kier alpha value is -0.970. The van der Waals surface area contributed by atoms with E-state index in [1.54, 1.807) is 0 Å². The number of carbonyl (C=O) groups excluding carboxylic acids is 1. The molecule has 0 spiro atoms. The first-order chi connectivity index (χ1) is 9.52. The van der Waals surface area contributed by atoms with Gasteiger partial charge in [-0.1, -0.05) is 36.0 Å². The summed E-state index contributed by atoms with van der Waals surface area (Å²) in [5.74, 6) is -0.119. The fraction of sp³-hybridized carbons (Fsp3) is 0.500. The zero-order chi connectivity index (χ0) is 14.7. The molecule has 1 amide bonds. The molecule has 0 aromatic heterocycles. The minimum absolute atomic E-state index is 0.00338. The molecule has 0 saturated heterocycles. The van der Waals surface area contributed by atoms with Crippen molar-refractivity contribution in [3.05, 3.63) is 27.7 Å². The number of aliphatic hydroxyl groups excluding tert-OH is 1. The summed E-state index contributed by atoms with van der Waals surface area (Å²) < 4.78 is 0. The number of hydrogen-bond acceptors (Lipinski definition) is 3. The first-order valence-electron chi connectivity index (χ1n) is 6.69. The summed E-state index contributed by atoms with van der Waals surface area (Å²) in [6.45, 7) is 0.0915. The van der Waals surface area contributed by atoms with Gasteiger partial charge in [0.1, 0.15) is 0 Å². The number of halogens is 2. The Balaban J connectivity index is 2.11. The van der Waals surface area contributed by atoms with Crippen LogP contribution < -0.4 is 11.1 Å². The van der Waals surface area contributed by atoms with Crippen molar-refractivity contribution in [1.29, 1.82) is 0 Å². The van der Waals surface area contributed by atoms with Gasteiger partial charge in [-0.2, -0.15) is 0 Å². The van der Waals surface area contributed by atoms with E-state index in [1.807, 2.05) is 0 Å². The monoisotopic (exact) mass is 316 g/mol. The Bertz CT molecular complexity index is 485. The third-order valence-corrected chi connectivity index (χ3v) is 4.43. The van der Waals surface area contributed by atoms with Gasteiger partial charge >= 0.3 is 0 Å². The van der Waals surface area contributed by atoms with E-state index in [2.05, 4.69) is 5.32 Å². The minimum Gasteiger partial charge on any atom is -0.396 e. The summed E-state index contributed by atoms with van der Waals surface area (Å²) in [5, 5.41) is 12.8. The highest BCUT2D eigenvalue weighted by Gasteiger charge is 2.26. The molecule has 1 aromatic rings. The van der Waals surface area contributed by atoms with Gasteiger partial charge in [0.2, 0.25) is 0 Å². The number of carbonyl (C=O) groups is 1. The molecule has 1 saturated carbocycles. The molecule has 1 aliphatic carbocycles. The van der Waals surface area contributed by atoms with Gasteiger partial charge in [-0.3, -0.25) is 4.79 Å². The summed E-state index contributed by atoms with van der Waals surface area (Å²) in [6, 6.07) is 3.01. The summed E-state index contributed by atoms with van der Waals surface area (Å²) in [6.07, 6.45) is 3.97. The van der Waals surface area contributed by atoms with Crippen LogP contribution in [-0.2, 0) is 0 Å². The van der Waals surface area contributed by atoms with Crippen LogP contribution in [0, 0.1) is 5.92 Å². The second-order valence-corrected chi connectivity index (χ2v) is 5.98. The van der Waals surface area contributed by atoms with Crippen LogP contribution in [0.4, 0.5) is 5.69 Å². The molecule has 2 atom stereocenters. The molecular formula is C14H18Cl2N2O2. The molecule has 0 radical (unpaired) electrons. The smallest absolute Gasteiger partial charge is 0.251 e. The van der Waals surface area contributed by atoms with E-state index < -0.39 is 0 Å². The topological polar surface area (TPSA) is 75.4 Å². The number of hydrogen-bond donors (Lipinski definition) is 3. The Morgan fingerprint density at radius 3 is 2.50 bits per heavy atom. The van der Waals surface area contributed by atoms with E-state index in [9.17, 15) is 9.90 Å². The number of nitrogen functional groups attached to an aromatic ring is 1. The molecule has 2 rings (SSSR count). The van der Waals surface area contributed by atoms with Crippen LogP contribution in [0.15, 0.2) is 12.1 Å². The van der Waals surface area contributed by atoms with Crippen molar-refractivity contribution in [3.63, 3.8) is 0 Å². The summed E-state index contributed by atoms with van der Waals surface area (Å²) in [5.41, 5.74) is 6.31. The van der Waals surface area contributed by atoms with Gasteiger partial charge in [-0.05, 0) is 25.0 Å². The van der Waals surface area contributed by atoms with Gasteiger partial charge in [0.15, 0.2) is 0 Å². The average molecular weight is 317 g/mol. The maximum atomic E-state index is 12.2. The lowest BCUT2D eigenvalue weighted by Crippen LogP contribution is -2.43. The third-order valence-electron chi connectivity index (χ3n) is 3.80. The van der Waals surface area contributed by atoms with Crippen molar-refractivity contribution >= 4 is 34.8 Å². The predicted octanol–water partition coefficient (Wildman–Crippen LogP) is 2.86. The van der Waals surface area contributed by atoms with E-state index in [0.717, 1.165) is 25.7 Å². The Morgan fingerprint density at radius 2 is 1.90 bits per heavy atom. The zero-order valence-electron chi connectivity index (χ0n) is 11.0. The second-order valence-electron chi connectivity index (χ2n) is 5.16. The van der Waals surface area contributed by atoms with Gasteiger partial charge in [-0.25, -0.2) is 0 Å². The van der Waals surface area contributed by atoms with E-state index in [-0.39, 0.29) is 40.2 Å². The van der Waals surface area contributed by atoms with E-state index in [1.165, 1.54) is 12.1 Å². The average Bonchev–Trinajstić information content (AvgIpc) is 2.44. The predicted molar refractivity (Wildman–Crippen MR) is 81.2 cm³/mol. The Labute approximate surface area is 128 Å².